The SMILES string of the molecule is O=C(Cc1cncc(C2CC2)c1)N(Cc1cc(F)cc(F)c1)c1ccc(-c2cnc[nH]2)cc1.O=C(Cc1cncc2ccccc12)N(Cc1cncc(F)c1)c1ccc(C2=CCNC2)cc1. The highest BCUT2D eigenvalue weighted by Crippen LogP contribution is 2.40. The van der Waals surface area contributed by atoms with Gasteiger partial charge in [-0.3, -0.25) is 24.5 Å². The van der Waals surface area contributed by atoms with Gasteiger partial charge in [0.25, 0.3) is 0 Å². The predicted molar refractivity (Wildman–Crippen MR) is 250 cm³/mol. The number of H-pyrrole nitrogens is 1. The molecule has 1 aliphatic heterocycles. The largest absolute Gasteiger partial charge is 0.345 e. The van der Waals surface area contributed by atoms with E-state index in [2.05, 4.69) is 36.3 Å². The Kier molecular flexibility index (Phi) is 13.1. The molecule has 10 nitrogen and oxygen atoms in total. The molecule has 8 aromatic rings. The van der Waals surface area contributed by atoms with Crippen molar-refractivity contribution >= 4 is 39.5 Å². The molecule has 13 heteroatoms. The third-order valence-electron chi connectivity index (χ3n) is 11.6. The maximum Gasteiger partial charge on any atom is 0.231 e. The lowest BCUT2D eigenvalue weighted by atomic mass is 10.0. The monoisotopic (exact) mass is 882 g/mol. The lowest BCUT2D eigenvalue weighted by molar-refractivity contribution is -0.118. The number of hydrogen-bond donors (Lipinski definition) is 2. The van der Waals surface area contributed by atoms with Crippen LogP contribution in [-0.4, -0.2) is 49.8 Å². The number of amides is 2. The highest BCUT2D eigenvalue weighted by atomic mass is 19.1. The summed E-state index contributed by atoms with van der Waals surface area (Å²) in [7, 11) is 0. The number of aromatic nitrogens is 5. The third-order valence-corrected chi connectivity index (χ3v) is 11.6. The molecule has 66 heavy (non-hydrogen) atoms. The Morgan fingerprint density at radius 3 is 1.94 bits per heavy atom. The minimum atomic E-state index is -0.673. The Balaban J connectivity index is 0.000000166. The molecule has 0 unspecified atom stereocenters. The van der Waals surface area contributed by atoms with E-state index in [1.807, 2.05) is 85.1 Å². The summed E-state index contributed by atoms with van der Waals surface area (Å²) < 4.78 is 41.4. The van der Waals surface area contributed by atoms with Crippen LogP contribution in [0.4, 0.5) is 24.5 Å². The van der Waals surface area contributed by atoms with Crippen molar-refractivity contribution in [3.05, 3.63) is 210 Å². The Hall–Kier alpha value is -7.77. The summed E-state index contributed by atoms with van der Waals surface area (Å²) in [5, 5.41) is 5.30. The number of pyridine rings is 3. The highest BCUT2D eigenvalue weighted by molar-refractivity contribution is 5.98. The molecule has 0 atom stereocenters. The number of imidazole rings is 1. The maximum atomic E-state index is 13.8. The van der Waals surface area contributed by atoms with Crippen LogP contribution in [0.3, 0.4) is 0 Å². The first kappa shape index (κ1) is 43.5. The first-order chi connectivity index (χ1) is 32.2. The van der Waals surface area contributed by atoms with Crippen LogP contribution >= 0.6 is 0 Å². The van der Waals surface area contributed by atoms with Crippen molar-refractivity contribution in [2.75, 3.05) is 22.9 Å². The third kappa shape index (κ3) is 10.8. The lowest BCUT2D eigenvalue weighted by Gasteiger charge is -2.24. The van der Waals surface area contributed by atoms with Gasteiger partial charge in [-0.05, 0) is 111 Å². The molecule has 0 radical (unpaired) electrons. The van der Waals surface area contributed by atoms with Gasteiger partial charge in [0.15, 0.2) is 0 Å². The van der Waals surface area contributed by atoms with E-state index in [-0.39, 0.29) is 37.7 Å². The van der Waals surface area contributed by atoms with E-state index >= 15 is 0 Å². The first-order valence-electron chi connectivity index (χ1n) is 21.7. The van der Waals surface area contributed by atoms with E-state index in [4.69, 9.17) is 0 Å². The van der Waals surface area contributed by atoms with Gasteiger partial charge < -0.3 is 20.1 Å². The molecule has 4 aromatic heterocycles. The van der Waals surface area contributed by atoms with Gasteiger partial charge in [-0.15, -0.1) is 0 Å². The summed E-state index contributed by atoms with van der Waals surface area (Å²) in [5.74, 6) is -1.50. The Morgan fingerprint density at radius 1 is 0.606 bits per heavy atom. The number of halogens is 3. The molecule has 2 N–H and O–H groups in total. The van der Waals surface area contributed by atoms with E-state index in [9.17, 15) is 22.8 Å². The number of benzene rings is 4. The van der Waals surface area contributed by atoms with Crippen LogP contribution < -0.4 is 15.1 Å². The van der Waals surface area contributed by atoms with Gasteiger partial charge in [-0.25, -0.2) is 18.2 Å². The number of carbonyl (C=O) groups is 2. The van der Waals surface area contributed by atoms with Gasteiger partial charge in [-0.1, -0.05) is 60.7 Å². The summed E-state index contributed by atoms with van der Waals surface area (Å²) in [5.41, 5.74) is 9.39. The van der Waals surface area contributed by atoms with Crippen molar-refractivity contribution in [3.8, 4) is 11.3 Å². The van der Waals surface area contributed by atoms with Crippen molar-refractivity contribution in [1.82, 2.24) is 30.2 Å². The molecule has 0 saturated heterocycles. The average molecular weight is 883 g/mol. The van der Waals surface area contributed by atoms with Crippen LogP contribution in [0, 0.1) is 17.5 Å². The Morgan fingerprint density at radius 2 is 1.26 bits per heavy atom. The summed E-state index contributed by atoms with van der Waals surface area (Å²) in [6.45, 7) is 1.98. The molecule has 4 aromatic carbocycles. The quantitative estimate of drug-likeness (QED) is 0.118. The van der Waals surface area contributed by atoms with Crippen LogP contribution in [0.15, 0.2) is 159 Å². The van der Waals surface area contributed by atoms with Gasteiger partial charge >= 0.3 is 0 Å². The molecule has 0 bridgehead atoms. The molecule has 330 valence electrons. The number of aromatic amines is 1. The molecular weight excluding hydrogens is 838 g/mol. The van der Waals surface area contributed by atoms with Gasteiger partial charge in [0, 0.05) is 66.9 Å². The second-order valence-corrected chi connectivity index (χ2v) is 16.4. The van der Waals surface area contributed by atoms with Crippen LogP contribution in [0.25, 0.3) is 27.6 Å². The molecule has 2 amide bonds. The van der Waals surface area contributed by atoms with Crippen molar-refractivity contribution in [3.63, 3.8) is 0 Å². The molecule has 5 heterocycles. The fraction of sp³-hybridized carbons (Fsp3) is 0.170. The number of hydrogen-bond acceptors (Lipinski definition) is 7. The number of nitrogens with one attached hydrogen (secondary N) is 2. The summed E-state index contributed by atoms with van der Waals surface area (Å²) in [4.78, 5) is 49.8. The normalized spacial score (nSPS) is 13.2. The molecular formula is C53H45F3N8O2. The fourth-order valence-corrected chi connectivity index (χ4v) is 8.13. The number of nitrogens with zero attached hydrogens (tertiary/aromatic N) is 6. The van der Waals surface area contributed by atoms with E-state index in [0.717, 1.165) is 88.2 Å². The zero-order chi connectivity index (χ0) is 45.4. The van der Waals surface area contributed by atoms with Crippen LogP contribution in [0.5, 0.6) is 0 Å². The number of anilines is 2. The molecule has 1 aliphatic carbocycles. The predicted octanol–water partition coefficient (Wildman–Crippen LogP) is 9.93. The van der Waals surface area contributed by atoms with Gasteiger partial charge in [0.2, 0.25) is 11.8 Å². The lowest BCUT2D eigenvalue weighted by Crippen LogP contribution is -2.32. The van der Waals surface area contributed by atoms with Crippen LogP contribution in [0.1, 0.15) is 52.1 Å². The number of carbonyl (C=O) groups excluding carboxylic acids is 2. The smallest absolute Gasteiger partial charge is 0.231 e. The molecule has 1 saturated carbocycles. The second kappa shape index (κ2) is 20.0. The average Bonchev–Trinajstić information content (AvgIpc) is 3.74. The van der Waals surface area contributed by atoms with E-state index in [0.29, 0.717) is 22.7 Å². The zero-order valence-corrected chi connectivity index (χ0v) is 35.9. The minimum Gasteiger partial charge on any atom is -0.345 e. The Labute approximate surface area is 379 Å². The number of fused-ring (bicyclic) bond motifs is 1. The van der Waals surface area contributed by atoms with Gasteiger partial charge in [0.1, 0.15) is 17.5 Å². The summed E-state index contributed by atoms with van der Waals surface area (Å²) >= 11 is 0. The van der Waals surface area contributed by atoms with Crippen LogP contribution in [0.2, 0.25) is 0 Å². The first-order valence-corrected chi connectivity index (χ1v) is 21.7. The highest BCUT2D eigenvalue weighted by Gasteiger charge is 2.25. The van der Waals surface area contributed by atoms with Crippen molar-refractivity contribution < 1.29 is 22.8 Å². The van der Waals surface area contributed by atoms with Gasteiger partial charge in [-0.2, -0.15) is 0 Å². The van der Waals surface area contributed by atoms with Crippen molar-refractivity contribution in [2.45, 2.75) is 44.7 Å². The number of rotatable bonds is 13. The molecule has 1 fully saturated rings. The molecule has 2 aliphatic rings. The van der Waals surface area contributed by atoms with Gasteiger partial charge in [0.05, 0.1) is 50.3 Å². The summed E-state index contributed by atoms with van der Waals surface area (Å²) in [6.07, 6.45) is 18.0. The standard InChI is InChI=1S/C27H23FN4O.C26H22F2N4O/c28-24-11-19(13-30-17-24)18-32(25-7-5-20(6-8-25)21-9-10-29-14-21)27(33)12-23-16-31-15-22-3-1-2-4-26(22)23;27-22-8-18(9-23(28)11-22)15-32(24-5-3-20(4-6-24)25-14-30-16-31-25)26(33)10-17-7-21(13-29-12-17)19-1-2-19/h1-9,11,13,15-17,29H,10,12,14,18H2;3-9,11-14,16,19H,1-2,10,15H2,(H,30,31). The molecule has 10 rings (SSSR count). The second-order valence-electron chi connectivity index (χ2n) is 16.4. The van der Waals surface area contributed by atoms with Crippen molar-refractivity contribution in [1.29, 1.82) is 0 Å². The van der Waals surface area contributed by atoms with Crippen molar-refractivity contribution in [2.24, 2.45) is 0 Å². The zero-order valence-electron chi connectivity index (χ0n) is 35.9. The summed E-state index contributed by atoms with van der Waals surface area (Å²) in [6, 6.07) is 30.0. The fourth-order valence-electron chi connectivity index (χ4n) is 8.13. The Bertz CT molecular complexity index is 2990. The van der Waals surface area contributed by atoms with E-state index in [1.54, 1.807) is 47.1 Å². The topological polar surface area (TPSA) is 120 Å². The van der Waals surface area contributed by atoms with E-state index in [1.165, 1.54) is 23.8 Å². The van der Waals surface area contributed by atoms with Crippen LogP contribution in [-0.2, 0) is 35.5 Å². The minimum absolute atomic E-state index is 0.0483. The maximum absolute atomic E-state index is 13.8. The van der Waals surface area contributed by atoms with E-state index < -0.39 is 17.5 Å². The molecule has 0 spiro atoms.